The number of aromatic nitrogens is 2. The van der Waals surface area contributed by atoms with E-state index in [2.05, 4.69) is 14.9 Å². The van der Waals surface area contributed by atoms with E-state index in [4.69, 9.17) is 9.84 Å². The van der Waals surface area contributed by atoms with Gasteiger partial charge in [-0.3, -0.25) is 4.79 Å². The highest BCUT2D eigenvalue weighted by Crippen LogP contribution is 2.27. The van der Waals surface area contributed by atoms with Crippen LogP contribution in [0.4, 0.5) is 5.82 Å². The summed E-state index contributed by atoms with van der Waals surface area (Å²) in [7, 11) is 0. The summed E-state index contributed by atoms with van der Waals surface area (Å²) in [5.74, 6) is 0.653. The fourth-order valence-electron chi connectivity index (χ4n) is 2.69. The van der Waals surface area contributed by atoms with Crippen molar-refractivity contribution >= 4 is 11.8 Å². The van der Waals surface area contributed by atoms with Gasteiger partial charge in [0.25, 0.3) is 0 Å². The molecule has 6 nitrogen and oxygen atoms in total. The van der Waals surface area contributed by atoms with Crippen LogP contribution < -0.4 is 9.64 Å². The van der Waals surface area contributed by atoms with E-state index in [0.29, 0.717) is 12.3 Å². The van der Waals surface area contributed by atoms with Gasteiger partial charge in [-0.15, -0.1) is 0 Å². The summed E-state index contributed by atoms with van der Waals surface area (Å²) in [6.07, 6.45) is 5.68. The van der Waals surface area contributed by atoms with E-state index in [0.717, 1.165) is 31.6 Å². The lowest BCUT2D eigenvalue weighted by Gasteiger charge is -2.36. The molecule has 0 aliphatic carbocycles. The Balaban J connectivity index is 2.10. The predicted octanol–water partition coefficient (Wildman–Crippen LogP) is 2.49. The van der Waals surface area contributed by atoms with Gasteiger partial charge in [0.05, 0.1) is 6.10 Å². The van der Waals surface area contributed by atoms with Crippen LogP contribution in [-0.2, 0) is 4.79 Å². The lowest BCUT2D eigenvalue weighted by atomic mass is 9.98. The van der Waals surface area contributed by atoms with Crippen molar-refractivity contribution in [2.45, 2.75) is 58.1 Å². The zero-order chi connectivity index (χ0) is 15.2. The Hall–Kier alpha value is -1.85. The first-order chi connectivity index (χ1) is 10.1. The van der Waals surface area contributed by atoms with Crippen LogP contribution >= 0.6 is 0 Å². The van der Waals surface area contributed by atoms with Crippen LogP contribution in [0.5, 0.6) is 5.88 Å². The minimum absolute atomic E-state index is 0.0666. The maximum Gasteiger partial charge on any atom is 0.303 e. The predicted molar refractivity (Wildman–Crippen MR) is 79.7 cm³/mol. The standard InChI is InChI=1S/C15H23N3O3/c1-11(2)21-14-9-13(16-10-17-14)18-8-4-3-5-12(18)6-7-15(19)20/h9-12H,3-8H2,1-2H3,(H,19,20). The monoisotopic (exact) mass is 293 g/mol. The molecule has 0 saturated carbocycles. The number of hydrogen-bond acceptors (Lipinski definition) is 5. The maximum atomic E-state index is 10.8. The van der Waals surface area contributed by atoms with Crippen molar-refractivity contribution in [3.05, 3.63) is 12.4 Å². The molecule has 2 rings (SSSR count). The minimum Gasteiger partial charge on any atom is -0.481 e. The molecule has 1 unspecified atom stereocenters. The molecule has 1 atom stereocenters. The van der Waals surface area contributed by atoms with Gasteiger partial charge in [-0.2, -0.15) is 0 Å². The number of carbonyl (C=O) groups is 1. The van der Waals surface area contributed by atoms with Gasteiger partial charge in [-0.05, 0) is 39.5 Å². The summed E-state index contributed by atoms with van der Waals surface area (Å²) in [6, 6.07) is 2.08. The third-order valence-electron chi connectivity index (χ3n) is 3.60. The Labute approximate surface area is 125 Å². The number of anilines is 1. The van der Waals surface area contributed by atoms with Gasteiger partial charge in [-0.1, -0.05) is 0 Å². The number of piperidine rings is 1. The van der Waals surface area contributed by atoms with E-state index >= 15 is 0 Å². The average Bonchev–Trinajstić information content (AvgIpc) is 2.45. The number of ether oxygens (including phenoxy) is 1. The first-order valence-corrected chi connectivity index (χ1v) is 7.53. The highest BCUT2D eigenvalue weighted by molar-refractivity contribution is 5.66. The third-order valence-corrected chi connectivity index (χ3v) is 3.60. The number of carboxylic acid groups (broad SMARTS) is 1. The molecule has 1 saturated heterocycles. The van der Waals surface area contributed by atoms with Crippen LogP contribution in [0.15, 0.2) is 12.4 Å². The van der Waals surface area contributed by atoms with Crippen molar-refractivity contribution in [1.29, 1.82) is 0 Å². The molecule has 0 bridgehead atoms. The lowest BCUT2D eigenvalue weighted by molar-refractivity contribution is -0.137. The van der Waals surface area contributed by atoms with Crippen LogP contribution in [0.1, 0.15) is 46.0 Å². The van der Waals surface area contributed by atoms with Gasteiger partial charge in [-0.25, -0.2) is 9.97 Å². The molecule has 0 radical (unpaired) electrons. The van der Waals surface area contributed by atoms with Gasteiger partial charge in [0.15, 0.2) is 0 Å². The zero-order valence-electron chi connectivity index (χ0n) is 12.7. The van der Waals surface area contributed by atoms with Crippen LogP contribution in [0.3, 0.4) is 0 Å². The molecule has 1 fully saturated rings. The fourth-order valence-corrected chi connectivity index (χ4v) is 2.69. The smallest absolute Gasteiger partial charge is 0.303 e. The molecule has 1 aromatic rings. The summed E-state index contributed by atoms with van der Waals surface area (Å²) in [6.45, 7) is 4.82. The fraction of sp³-hybridized carbons (Fsp3) is 0.667. The van der Waals surface area contributed by atoms with Gasteiger partial charge >= 0.3 is 5.97 Å². The van der Waals surface area contributed by atoms with Crippen LogP contribution in [-0.4, -0.2) is 39.7 Å². The van der Waals surface area contributed by atoms with E-state index in [9.17, 15) is 4.79 Å². The van der Waals surface area contributed by atoms with Crippen LogP contribution in [0, 0.1) is 0 Å². The van der Waals surface area contributed by atoms with Crippen molar-refractivity contribution in [2.24, 2.45) is 0 Å². The summed E-state index contributed by atoms with van der Waals surface area (Å²) < 4.78 is 5.61. The van der Waals surface area contributed by atoms with E-state index in [-0.39, 0.29) is 18.6 Å². The van der Waals surface area contributed by atoms with Crippen molar-refractivity contribution in [3.8, 4) is 5.88 Å². The second-order valence-corrected chi connectivity index (χ2v) is 5.66. The number of nitrogens with zero attached hydrogens (tertiary/aromatic N) is 3. The number of aliphatic carboxylic acids is 1. The lowest BCUT2D eigenvalue weighted by Crippen LogP contribution is -2.40. The molecule has 1 aliphatic rings. The summed E-state index contributed by atoms with van der Waals surface area (Å²) in [5, 5.41) is 8.88. The molecular formula is C15H23N3O3. The Morgan fingerprint density at radius 1 is 1.48 bits per heavy atom. The van der Waals surface area contributed by atoms with Gasteiger partial charge < -0.3 is 14.7 Å². The molecule has 1 N–H and O–H groups in total. The quantitative estimate of drug-likeness (QED) is 0.868. The SMILES string of the molecule is CC(C)Oc1cc(N2CCCCC2CCC(=O)O)ncn1. The van der Waals surface area contributed by atoms with Gasteiger partial charge in [0.1, 0.15) is 12.1 Å². The molecular weight excluding hydrogens is 270 g/mol. The van der Waals surface area contributed by atoms with E-state index in [1.807, 2.05) is 19.9 Å². The highest BCUT2D eigenvalue weighted by atomic mass is 16.5. The molecule has 21 heavy (non-hydrogen) atoms. The van der Waals surface area contributed by atoms with E-state index < -0.39 is 5.97 Å². The van der Waals surface area contributed by atoms with Crippen LogP contribution in [0.25, 0.3) is 0 Å². The third kappa shape index (κ3) is 4.58. The summed E-state index contributed by atoms with van der Waals surface area (Å²) in [5.41, 5.74) is 0. The molecule has 2 heterocycles. The first-order valence-electron chi connectivity index (χ1n) is 7.53. The van der Waals surface area contributed by atoms with Gasteiger partial charge in [0, 0.05) is 25.1 Å². The van der Waals surface area contributed by atoms with Crippen molar-refractivity contribution < 1.29 is 14.6 Å². The first kappa shape index (κ1) is 15.5. The van der Waals surface area contributed by atoms with E-state index in [1.165, 1.54) is 6.33 Å². The van der Waals surface area contributed by atoms with E-state index in [1.54, 1.807) is 0 Å². The molecule has 6 heteroatoms. The topological polar surface area (TPSA) is 75.5 Å². The number of rotatable bonds is 6. The summed E-state index contributed by atoms with van der Waals surface area (Å²) in [4.78, 5) is 21.4. The summed E-state index contributed by atoms with van der Waals surface area (Å²) >= 11 is 0. The Bertz CT molecular complexity index is 479. The normalized spacial score (nSPS) is 18.8. The van der Waals surface area contributed by atoms with Crippen LogP contribution in [0.2, 0.25) is 0 Å². The molecule has 0 spiro atoms. The minimum atomic E-state index is -0.743. The second kappa shape index (κ2) is 7.24. The molecule has 0 aromatic carbocycles. The Morgan fingerprint density at radius 3 is 3.00 bits per heavy atom. The van der Waals surface area contributed by atoms with Crippen molar-refractivity contribution in [2.75, 3.05) is 11.4 Å². The number of carboxylic acids is 1. The Kier molecular flexibility index (Phi) is 5.36. The maximum absolute atomic E-state index is 10.8. The Morgan fingerprint density at radius 2 is 2.29 bits per heavy atom. The average molecular weight is 293 g/mol. The molecule has 1 aliphatic heterocycles. The largest absolute Gasteiger partial charge is 0.481 e. The zero-order valence-corrected chi connectivity index (χ0v) is 12.7. The van der Waals surface area contributed by atoms with Crippen molar-refractivity contribution in [3.63, 3.8) is 0 Å². The van der Waals surface area contributed by atoms with Gasteiger partial charge in [0.2, 0.25) is 5.88 Å². The van der Waals surface area contributed by atoms with Crippen molar-refractivity contribution in [1.82, 2.24) is 9.97 Å². The molecule has 0 amide bonds. The molecule has 1 aromatic heterocycles. The molecule has 116 valence electrons. The highest BCUT2D eigenvalue weighted by Gasteiger charge is 2.24. The second-order valence-electron chi connectivity index (χ2n) is 5.66. The number of hydrogen-bond donors (Lipinski definition) is 1.